The summed E-state index contributed by atoms with van der Waals surface area (Å²) in [6.07, 6.45) is -4.97. The Morgan fingerprint density at radius 3 is 2.21 bits per heavy atom. The number of benzene rings is 4. The van der Waals surface area contributed by atoms with E-state index in [0.717, 1.165) is 32.7 Å². The summed E-state index contributed by atoms with van der Waals surface area (Å²) < 4.78 is 88.1. The van der Waals surface area contributed by atoms with Crippen molar-refractivity contribution in [3.05, 3.63) is 101 Å². The number of halogens is 4. The van der Waals surface area contributed by atoms with Crippen molar-refractivity contribution in [3.8, 4) is 21.1 Å². The maximum absolute atomic E-state index is 14.1. The molecule has 0 aliphatic heterocycles. The van der Waals surface area contributed by atoms with Gasteiger partial charge in [0.25, 0.3) is 10.1 Å². The Morgan fingerprint density at radius 1 is 0.860 bits per heavy atom. The molecule has 6 nitrogen and oxygen atoms in total. The van der Waals surface area contributed by atoms with Gasteiger partial charge in [0.1, 0.15) is 20.7 Å². The van der Waals surface area contributed by atoms with Crippen molar-refractivity contribution in [2.45, 2.75) is 24.4 Å². The highest BCUT2D eigenvalue weighted by Crippen LogP contribution is 2.38. The Labute approximate surface area is 250 Å². The Balaban J connectivity index is 1.25. The molecule has 0 spiro atoms. The number of hydrogen-bond acceptors (Lipinski definition) is 7. The summed E-state index contributed by atoms with van der Waals surface area (Å²) in [4.78, 5) is 21.7. The lowest BCUT2D eigenvalue weighted by Crippen LogP contribution is -2.11. The van der Waals surface area contributed by atoms with Crippen LogP contribution < -0.4 is 0 Å². The van der Waals surface area contributed by atoms with Crippen LogP contribution in [0.25, 0.3) is 41.6 Å². The van der Waals surface area contributed by atoms with Gasteiger partial charge in [-0.2, -0.15) is 21.6 Å². The minimum atomic E-state index is -4.69. The Hall–Kier alpha value is -4.04. The van der Waals surface area contributed by atoms with E-state index in [9.17, 15) is 35.3 Å². The average Bonchev–Trinajstić information content (AvgIpc) is 3.56. The molecule has 218 valence electrons. The predicted molar refractivity (Wildman–Crippen MR) is 158 cm³/mol. The number of fused-ring (bicyclic) bond motifs is 2. The molecule has 0 fully saturated rings. The fourth-order valence-electron chi connectivity index (χ4n) is 4.65. The largest absolute Gasteiger partial charge is 0.416 e. The number of Topliss-reactive ketones (excluding diaryl/α,β-unsaturated/α-hetero) is 1. The average molecular weight is 643 g/mol. The third-order valence-electron chi connectivity index (χ3n) is 6.76. The van der Waals surface area contributed by atoms with E-state index in [4.69, 9.17) is 0 Å². The third-order valence-corrected chi connectivity index (χ3v) is 10.1. The molecule has 0 saturated carbocycles. The Morgan fingerprint density at radius 2 is 1.51 bits per heavy atom. The fraction of sp³-hybridized carbons (Fsp3) is 0.100. The van der Waals surface area contributed by atoms with Crippen molar-refractivity contribution in [1.29, 1.82) is 0 Å². The molecule has 0 unspecified atom stereocenters. The van der Waals surface area contributed by atoms with Crippen LogP contribution in [-0.2, 0) is 22.7 Å². The van der Waals surface area contributed by atoms with E-state index >= 15 is 0 Å². The maximum atomic E-state index is 14.1. The van der Waals surface area contributed by atoms with E-state index in [-0.39, 0.29) is 11.3 Å². The number of nitrogens with zero attached hydrogens (tertiary/aromatic N) is 2. The van der Waals surface area contributed by atoms with Crippen molar-refractivity contribution in [3.63, 3.8) is 0 Å². The van der Waals surface area contributed by atoms with E-state index in [1.807, 2.05) is 18.2 Å². The SMILES string of the molecule is Cc1ccc2nc(-c3ccc4nc(-c5ccc(CC(=O)c6cc(C(F)(F)F)ccc6F)cc5)sc4c3)sc2c1S(=O)(=O)O. The summed E-state index contributed by atoms with van der Waals surface area (Å²) in [6, 6.07) is 17.4. The molecule has 0 radical (unpaired) electrons. The molecule has 6 aromatic rings. The van der Waals surface area contributed by atoms with E-state index in [1.165, 1.54) is 11.3 Å². The molecular formula is C30H18F4N2O4S3. The van der Waals surface area contributed by atoms with Crippen molar-refractivity contribution < 1.29 is 35.3 Å². The highest BCUT2D eigenvalue weighted by molar-refractivity contribution is 7.86. The first-order valence-electron chi connectivity index (χ1n) is 12.6. The quantitative estimate of drug-likeness (QED) is 0.111. The van der Waals surface area contributed by atoms with Gasteiger partial charge in [0.15, 0.2) is 5.78 Å². The first-order chi connectivity index (χ1) is 20.3. The van der Waals surface area contributed by atoms with Gasteiger partial charge in [0.2, 0.25) is 0 Å². The first-order valence-corrected chi connectivity index (χ1v) is 15.6. The molecule has 6 rings (SSSR count). The Kier molecular flexibility index (Phi) is 7.16. The van der Waals surface area contributed by atoms with Gasteiger partial charge in [-0.15, -0.1) is 22.7 Å². The van der Waals surface area contributed by atoms with Crippen molar-refractivity contribution in [2.24, 2.45) is 0 Å². The molecule has 1 N–H and O–H groups in total. The Bertz CT molecular complexity index is 2170. The van der Waals surface area contributed by atoms with Crippen LogP contribution in [0, 0.1) is 12.7 Å². The smallest absolute Gasteiger partial charge is 0.294 e. The summed E-state index contributed by atoms with van der Waals surface area (Å²) >= 11 is 2.57. The molecule has 43 heavy (non-hydrogen) atoms. The molecule has 2 heterocycles. The van der Waals surface area contributed by atoms with Crippen LogP contribution >= 0.6 is 22.7 Å². The lowest BCUT2D eigenvalue weighted by atomic mass is 10.00. The number of aromatic nitrogens is 2. The van der Waals surface area contributed by atoms with Crippen LogP contribution in [0.5, 0.6) is 0 Å². The molecule has 0 aliphatic carbocycles. The second-order valence-electron chi connectivity index (χ2n) is 9.74. The molecule has 13 heteroatoms. The lowest BCUT2D eigenvalue weighted by molar-refractivity contribution is -0.137. The van der Waals surface area contributed by atoms with Crippen LogP contribution in [0.2, 0.25) is 0 Å². The fourth-order valence-corrected chi connectivity index (χ4v) is 7.97. The summed E-state index contributed by atoms with van der Waals surface area (Å²) in [5.41, 5.74) is 1.90. The number of alkyl halides is 3. The van der Waals surface area contributed by atoms with Crippen molar-refractivity contribution in [1.82, 2.24) is 9.97 Å². The van der Waals surface area contributed by atoms with Gasteiger partial charge in [-0.3, -0.25) is 9.35 Å². The number of rotatable bonds is 6. The predicted octanol–water partition coefficient (Wildman–Crippen LogP) is 8.38. The van der Waals surface area contributed by atoms with Crippen molar-refractivity contribution >= 4 is 59.0 Å². The number of aryl methyl sites for hydroxylation is 1. The van der Waals surface area contributed by atoms with Gasteiger partial charge in [0, 0.05) is 17.5 Å². The summed E-state index contributed by atoms with van der Waals surface area (Å²) in [5, 5.41) is 1.26. The molecule has 0 aliphatic rings. The summed E-state index contributed by atoms with van der Waals surface area (Å²) in [5.74, 6) is -1.78. The molecule has 2 aromatic heterocycles. The number of thiazole rings is 2. The van der Waals surface area contributed by atoms with E-state index in [1.54, 1.807) is 43.3 Å². The zero-order valence-corrected chi connectivity index (χ0v) is 24.4. The summed E-state index contributed by atoms with van der Waals surface area (Å²) in [7, 11) is -4.44. The second kappa shape index (κ2) is 10.6. The lowest BCUT2D eigenvalue weighted by Gasteiger charge is -2.09. The monoisotopic (exact) mass is 642 g/mol. The van der Waals surface area contributed by atoms with Crippen LogP contribution in [0.1, 0.15) is 27.0 Å². The zero-order chi connectivity index (χ0) is 30.7. The third kappa shape index (κ3) is 5.68. The minimum absolute atomic E-state index is 0.153. The number of carbonyl (C=O) groups is 1. The van der Waals surface area contributed by atoms with Crippen LogP contribution in [0.3, 0.4) is 0 Å². The molecule has 4 aromatic carbocycles. The molecule has 0 amide bonds. The van der Waals surface area contributed by atoms with Gasteiger partial charge in [-0.05, 0) is 60.5 Å². The standard InChI is InChI=1S/C30H18F4N2O4S3/c1-15-2-10-23-26(27(15)43(38,39)40)42-29(36-23)18-7-11-22-25(13-18)41-28(35-22)17-5-3-16(4-6-17)12-24(37)20-14-19(30(32,33)34)8-9-21(20)31/h2-11,13-14H,12H2,1H3,(H,38,39,40). The van der Waals surface area contributed by atoms with Gasteiger partial charge >= 0.3 is 6.18 Å². The highest BCUT2D eigenvalue weighted by Gasteiger charge is 2.32. The van der Waals surface area contributed by atoms with Gasteiger partial charge < -0.3 is 0 Å². The molecular weight excluding hydrogens is 625 g/mol. The minimum Gasteiger partial charge on any atom is -0.294 e. The second-order valence-corrected chi connectivity index (χ2v) is 13.1. The molecule has 0 atom stereocenters. The zero-order valence-electron chi connectivity index (χ0n) is 21.9. The maximum Gasteiger partial charge on any atom is 0.416 e. The van der Waals surface area contributed by atoms with Crippen LogP contribution in [0.15, 0.2) is 77.7 Å². The molecule has 0 saturated heterocycles. The number of carbonyl (C=O) groups excluding carboxylic acids is 1. The topological polar surface area (TPSA) is 97.2 Å². The normalized spacial score (nSPS) is 12.3. The van der Waals surface area contributed by atoms with Crippen LogP contribution in [-0.4, -0.2) is 28.7 Å². The first kappa shape index (κ1) is 29.1. The molecule has 0 bridgehead atoms. The van der Waals surface area contributed by atoms with E-state index in [2.05, 4.69) is 9.97 Å². The van der Waals surface area contributed by atoms with E-state index < -0.39 is 39.0 Å². The van der Waals surface area contributed by atoms with Gasteiger partial charge in [0.05, 0.1) is 31.6 Å². The van der Waals surface area contributed by atoms with Crippen molar-refractivity contribution in [2.75, 3.05) is 0 Å². The van der Waals surface area contributed by atoms with Gasteiger partial charge in [-0.1, -0.05) is 30.3 Å². The van der Waals surface area contributed by atoms with Crippen LogP contribution in [0.4, 0.5) is 17.6 Å². The number of ketones is 1. The van der Waals surface area contributed by atoms with Gasteiger partial charge in [-0.25, -0.2) is 14.4 Å². The highest BCUT2D eigenvalue weighted by atomic mass is 32.2. The summed E-state index contributed by atoms with van der Waals surface area (Å²) in [6.45, 7) is 1.60. The number of hydrogen-bond donors (Lipinski definition) is 1. The van der Waals surface area contributed by atoms with E-state index in [0.29, 0.717) is 49.6 Å².